The SMILES string of the molecule is O=C1NCCc2c1ccnc2-c1cc(C(F)c2cc(F)cc(C(F)(F)F)c2)ncn1. The summed E-state index contributed by atoms with van der Waals surface area (Å²) >= 11 is 0. The fraction of sp³-hybridized carbons (Fsp3) is 0.200. The van der Waals surface area contributed by atoms with Gasteiger partial charge < -0.3 is 5.32 Å². The van der Waals surface area contributed by atoms with E-state index in [-0.39, 0.29) is 17.3 Å². The minimum absolute atomic E-state index is 0.210. The number of nitrogens with zero attached hydrogens (tertiary/aromatic N) is 3. The molecule has 3 heterocycles. The molecule has 1 amide bonds. The Labute approximate surface area is 167 Å². The molecule has 0 fully saturated rings. The Kier molecular flexibility index (Phi) is 4.92. The fourth-order valence-electron chi connectivity index (χ4n) is 3.31. The van der Waals surface area contributed by atoms with E-state index in [0.29, 0.717) is 48.0 Å². The van der Waals surface area contributed by atoms with Gasteiger partial charge in [0.1, 0.15) is 12.1 Å². The van der Waals surface area contributed by atoms with E-state index in [1.165, 1.54) is 12.3 Å². The van der Waals surface area contributed by atoms with Gasteiger partial charge in [0.05, 0.1) is 22.6 Å². The number of carbonyl (C=O) groups excluding carboxylic acids is 1. The summed E-state index contributed by atoms with van der Waals surface area (Å²) in [7, 11) is 0. The van der Waals surface area contributed by atoms with Gasteiger partial charge in [-0.2, -0.15) is 13.2 Å². The average Bonchev–Trinajstić information content (AvgIpc) is 2.72. The van der Waals surface area contributed by atoms with Crippen LogP contribution in [0, 0.1) is 5.82 Å². The highest BCUT2D eigenvalue weighted by Gasteiger charge is 2.32. The molecule has 0 saturated carbocycles. The molecule has 0 bridgehead atoms. The van der Waals surface area contributed by atoms with Crippen molar-refractivity contribution in [2.75, 3.05) is 6.54 Å². The molecule has 1 N–H and O–H groups in total. The van der Waals surface area contributed by atoms with Crippen molar-refractivity contribution in [3.63, 3.8) is 0 Å². The number of hydrogen-bond acceptors (Lipinski definition) is 4. The van der Waals surface area contributed by atoms with E-state index in [0.717, 1.165) is 6.33 Å². The maximum absolute atomic E-state index is 15.0. The van der Waals surface area contributed by atoms with Gasteiger partial charge in [0, 0.05) is 18.3 Å². The van der Waals surface area contributed by atoms with Crippen molar-refractivity contribution in [2.24, 2.45) is 0 Å². The minimum atomic E-state index is -4.82. The molecule has 1 aliphatic heterocycles. The summed E-state index contributed by atoms with van der Waals surface area (Å²) in [6.07, 6.45) is -3.99. The molecule has 1 atom stereocenters. The molecule has 30 heavy (non-hydrogen) atoms. The topological polar surface area (TPSA) is 67.8 Å². The molecule has 1 unspecified atom stereocenters. The number of benzene rings is 1. The van der Waals surface area contributed by atoms with Gasteiger partial charge in [-0.3, -0.25) is 9.78 Å². The molecular formula is C20H13F5N4O. The van der Waals surface area contributed by atoms with Gasteiger partial charge in [0.15, 0.2) is 6.17 Å². The first-order valence-corrected chi connectivity index (χ1v) is 8.84. The van der Waals surface area contributed by atoms with Gasteiger partial charge in [-0.15, -0.1) is 0 Å². The zero-order valence-electron chi connectivity index (χ0n) is 15.2. The van der Waals surface area contributed by atoms with Gasteiger partial charge in [0.25, 0.3) is 5.91 Å². The third-order valence-corrected chi connectivity index (χ3v) is 4.69. The molecule has 0 saturated heterocycles. The third-order valence-electron chi connectivity index (χ3n) is 4.69. The molecule has 154 valence electrons. The summed E-state index contributed by atoms with van der Waals surface area (Å²) in [4.78, 5) is 24.1. The van der Waals surface area contributed by atoms with Crippen LogP contribution in [0.3, 0.4) is 0 Å². The summed E-state index contributed by atoms with van der Waals surface area (Å²) in [5, 5.41) is 2.70. The fourth-order valence-corrected chi connectivity index (χ4v) is 3.31. The van der Waals surface area contributed by atoms with Crippen LogP contribution in [0.15, 0.2) is 42.9 Å². The smallest absolute Gasteiger partial charge is 0.352 e. The largest absolute Gasteiger partial charge is 0.416 e. The molecule has 2 aromatic heterocycles. The number of nitrogens with one attached hydrogen (secondary N) is 1. The van der Waals surface area contributed by atoms with E-state index in [1.807, 2.05) is 0 Å². The second-order valence-corrected chi connectivity index (χ2v) is 6.65. The highest BCUT2D eigenvalue weighted by Crippen LogP contribution is 2.35. The van der Waals surface area contributed by atoms with E-state index in [4.69, 9.17) is 0 Å². The lowest BCUT2D eigenvalue weighted by atomic mass is 9.97. The van der Waals surface area contributed by atoms with Crippen molar-refractivity contribution in [3.8, 4) is 11.4 Å². The van der Waals surface area contributed by atoms with Crippen LogP contribution < -0.4 is 5.32 Å². The van der Waals surface area contributed by atoms with Crippen LogP contribution in [0.4, 0.5) is 22.0 Å². The van der Waals surface area contributed by atoms with Crippen molar-refractivity contribution in [1.82, 2.24) is 20.3 Å². The van der Waals surface area contributed by atoms with Crippen LogP contribution in [-0.4, -0.2) is 27.4 Å². The van der Waals surface area contributed by atoms with Crippen LogP contribution >= 0.6 is 0 Å². The van der Waals surface area contributed by atoms with Gasteiger partial charge in [0.2, 0.25) is 0 Å². The molecule has 0 spiro atoms. The van der Waals surface area contributed by atoms with Gasteiger partial charge in [-0.25, -0.2) is 18.7 Å². The Hall–Kier alpha value is -3.43. The number of amides is 1. The van der Waals surface area contributed by atoms with E-state index in [2.05, 4.69) is 20.3 Å². The molecule has 5 nitrogen and oxygen atoms in total. The Morgan fingerprint density at radius 2 is 1.87 bits per heavy atom. The van der Waals surface area contributed by atoms with E-state index in [1.54, 1.807) is 6.07 Å². The molecule has 4 rings (SSSR count). The number of halogens is 5. The predicted octanol–water partition coefficient (Wildman–Crippen LogP) is 4.04. The Morgan fingerprint density at radius 3 is 2.63 bits per heavy atom. The summed E-state index contributed by atoms with van der Waals surface area (Å²) in [5.41, 5.74) is -0.448. The number of carbonyl (C=O) groups is 1. The van der Waals surface area contributed by atoms with Gasteiger partial charge in [-0.1, -0.05) is 0 Å². The van der Waals surface area contributed by atoms with Crippen LogP contribution in [0.2, 0.25) is 0 Å². The van der Waals surface area contributed by atoms with Crippen molar-refractivity contribution in [2.45, 2.75) is 18.8 Å². The quantitative estimate of drug-likeness (QED) is 0.650. The van der Waals surface area contributed by atoms with E-state index in [9.17, 15) is 22.4 Å². The van der Waals surface area contributed by atoms with Crippen LogP contribution in [0.1, 0.15) is 38.9 Å². The first kappa shape index (κ1) is 19.9. The Morgan fingerprint density at radius 1 is 1.07 bits per heavy atom. The average molecular weight is 420 g/mol. The van der Waals surface area contributed by atoms with Gasteiger partial charge in [-0.05, 0) is 47.9 Å². The molecule has 0 radical (unpaired) electrons. The second-order valence-electron chi connectivity index (χ2n) is 6.65. The second kappa shape index (κ2) is 7.43. The first-order chi connectivity index (χ1) is 14.2. The molecule has 3 aromatic rings. The summed E-state index contributed by atoms with van der Waals surface area (Å²) < 4.78 is 67.5. The van der Waals surface area contributed by atoms with Crippen LogP contribution in [0.5, 0.6) is 0 Å². The Bertz CT molecular complexity index is 1130. The molecule has 1 aromatic carbocycles. The lowest BCUT2D eigenvalue weighted by Gasteiger charge is -2.19. The summed E-state index contributed by atoms with van der Waals surface area (Å²) in [6, 6.07) is 4.32. The molecule has 10 heteroatoms. The monoisotopic (exact) mass is 420 g/mol. The minimum Gasteiger partial charge on any atom is -0.352 e. The number of aromatic nitrogens is 3. The summed E-state index contributed by atoms with van der Waals surface area (Å²) in [6.45, 7) is 0.401. The normalized spacial score (nSPS) is 14.8. The number of pyridine rings is 1. The number of alkyl halides is 4. The predicted molar refractivity (Wildman–Crippen MR) is 95.7 cm³/mol. The van der Waals surface area contributed by atoms with Gasteiger partial charge >= 0.3 is 6.18 Å². The maximum Gasteiger partial charge on any atom is 0.416 e. The zero-order valence-corrected chi connectivity index (χ0v) is 15.2. The first-order valence-electron chi connectivity index (χ1n) is 8.84. The highest BCUT2D eigenvalue weighted by molar-refractivity contribution is 5.98. The standard InChI is InChI=1S/C20H13F5N4O/c21-12-6-10(5-11(7-12)20(23,24)25)17(22)15-8-16(29-9-28-15)18-13-1-4-27-19(30)14(13)2-3-26-18/h2-3,5-9,17H,1,4H2,(H,27,30). The highest BCUT2D eigenvalue weighted by atomic mass is 19.4. The molecule has 0 aliphatic carbocycles. The van der Waals surface area contributed by atoms with Crippen molar-refractivity contribution in [1.29, 1.82) is 0 Å². The number of hydrogen-bond donors (Lipinski definition) is 1. The van der Waals surface area contributed by atoms with E-state index < -0.39 is 29.3 Å². The number of fused-ring (bicyclic) bond motifs is 1. The lowest BCUT2D eigenvalue weighted by Crippen LogP contribution is -2.32. The maximum atomic E-state index is 15.0. The van der Waals surface area contributed by atoms with Crippen LogP contribution in [0.25, 0.3) is 11.4 Å². The van der Waals surface area contributed by atoms with Crippen molar-refractivity contribution in [3.05, 3.63) is 76.6 Å². The zero-order chi connectivity index (χ0) is 21.5. The molecule has 1 aliphatic rings. The van der Waals surface area contributed by atoms with Crippen molar-refractivity contribution >= 4 is 5.91 Å². The molecular weight excluding hydrogens is 407 g/mol. The summed E-state index contributed by atoms with van der Waals surface area (Å²) in [5.74, 6) is -1.47. The Balaban J connectivity index is 1.74. The lowest BCUT2D eigenvalue weighted by molar-refractivity contribution is -0.137. The van der Waals surface area contributed by atoms with Crippen molar-refractivity contribution < 1.29 is 26.7 Å². The van der Waals surface area contributed by atoms with E-state index >= 15 is 4.39 Å². The third kappa shape index (κ3) is 3.72. The van der Waals surface area contributed by atoms with Crippen LogP contribution in [-0.2, 0) is 12.6 Å². The number of rotatable bonds is 3.